The van der Waals surface area contributed by atoms with E-state index in [9.17, 15) is 81.7 Å². The lowest BCUT2D eigenvalue weighted by Crippen LogP contribution is -2.67. The van der Waals surface area contributed by atoms with Gasteiger partial charge in [0, 0.05) is 20.0 Å². The largest absolute Gasteiger partial charge is 0.400 e. The molecule has 0 aromatic heterocycles. The van der Waals surface area contributed by atoms with Gasteiger partial charge in [0.05, 0.1) is 51.8 Å². The van der Waals surface area contributed by atoms with Gasteiger partial charge in [0.2, 0.25) is 0 Å². The van der Waals surface area contributed by atoms with Crippen LogP contribution in [-0.2, 0) is 56.8 Å². The molecule has 28 atom stereocenters. The van der Waals surface area contributed by atoms with Crippen LogP contribution in [0.4, 0.5) is 0 Å². The lowest BCUT2D eigenvalue weighted by molar-refractivity contribution is -0.395. The van der Waals surface area contributed by atoms with Gasteiger partial charge in [0.15, 0.2) is 37.7 Å². The maximum absolute atomic E-state index is 11.2. The lowest BCUT2D eigenvalue weighted by Gasteiger charge is -2.50. The van der Waals surface area contributed by atoms with Crippen molar-refractivity contribution in [2.24, 2.45) is 0 Å². The van der Waals surface area contributed by atoms with Crippen LogP contribution in [0.25, 0.3) is 0 Å². The van der Waals surface area contributed by atoms with Crippen LogP contribution in [-0.4, -0.2) is 306 Å². The van der Waals surface area contributed by atoms with Gasteiger partial charge in [-0.3, -0.25) is 0 Å². The predicted octanol–water partition coefficient (Wildman–Crippen LogP) is -11.4. The van der Waals surface area contributed by atoms with Crippen LogP contribution in [0.5, 0.6) is 0 Å². The second-order valence-corrected chi connectivity index (χ2v) is 16.6. The van der Waals surface area contributed by atoms with Crippen LogP contribution in [0.1, 0.15) is 12.8 Å². The molecule has 11 unspecified atom stereocenters. The molecule has 29 nitrogen and oxygen atoms in total. The summed E-state index contributed by atoms with van der Waals surface area (Å²) in [5.41, 5.74) is 0. The Morgan fingerprint density at radius 2 is 0.591 bits per heavy atom. The summed E-state index contributed by atoms with van der Waals surface area (Å²) >= 11 is 0. The Labute approximate surface area is 375 Å². The van der Waals surface area contributed by atoms with Gasteiger partial charge in [-0.2, -0.15) is 0 Å². The van der Waals surface area contributed by atoms with Crippen molar-refractivity contribution in [3.8, 4) is 0 Å². The van der Waals surface area contributed by atoms with Crippen LogP contribution in [0.2, 0.25) is 0 Å². The minimum absolute atomic E-state index is 0.425. The molecule has 22 aliphatic rings. The summed E-state index contributed by atoms with van der Waals surface area (Å²) in [6, 6.07) is 0. The average molecular weight is 973 g/mol. The van der Waals surface area contributed by atoms with E-state index in [-0.39, 0.29) is 0 Å². The quantitative estimate of drug-likeness (QED) is 0.117. The van der Waals surface area contributed by atoms with Crippen LogP contribution in [0.15, 0.2) is 0 Å². The van der Waals surface area contributed by atoms with Crippen molar-refractivity contribution in [2.75, 3.05) is 46.8 Å². The fraction of sp³-hybridized carbons (Fsp3) is 1.00. The Morgan fingerprint density at radius 3 is 0.970 bits per heavy atom. The number of hydrogen-bond acceptors (Lipinski definition) is 29. The highest BCUT2D eigenvalue weighted by atomic mass is 16.8. The lowest BCUT2D eigenvalue weighted by atomic mass is 9.95. The summed E-state index contributed by atoms with van der Waals surface area (Å²) in [5.74, 6) is 0. The van der Waals surface area contributed by atoms with Crippen molar-refractivity contribution in [1.29, 1.82) is 0 Å². The van der Waals surface area contributed by atoms with Gasteiger partial charge >= 0.3 is 0 Å². The highest BCUT2D eigenvalue weighted by Crippen LogP contribution is 2.37. The molecule has 29 heteroatoms. The predicted molar refractivity (Wildman–Crippen MR) is 201 cm³/mol. The van der Waals surface area contributed by atoms with Gasteiger partial charge in [-0.25, -0.2) is 0 Å². The molecule has 0 amide bonds. The van der Waals surface area contributed by atoms with Gasteiger partial charge in [-0.15, -0.1) is 0 Å². The number of hydrogen-bond donors (Lipinski definition) is 17. The highest BCUT2D eigenvalue weighted by Gasteiger charge is 2.57. The molecule has 0 saturated carbocycles. The van der Waals surface area contributed by atoms with Crippen molar-refractivity contribution in [3.63, 3.8) is 0 Å². The van der Waals surface area contributed by atoms with E-state index in [1.807, 2.05) is 0 Å². The Balaban J connectivity index is 0.00000355. The van der Waals surface area contributed by atoms with Crippen molar-refractivity contribution in [1.82, 2.24) is 0 Å². The Kier molecular flexibility index (Phi) is 19.6. The van der Waals surface area contributed by atoms with E-state index in [1.165, 1.54) is 0 Å². The van der Waals surface area contributed by atoms with Crippen molar-refractivity contribution >= 4 is 0 Å². The van der Waals surface area contributed by atoms with Gasteiger partial charge in [0.25, 0.3) is 0 Å². The second-order valence-electron chi connectivity index (χ2n) is 16.6. The molecule has 0 radical (unpaired) electrons. The van der Waals surface area contributed by atoms with E-state index < -0.39 is 225 Å². The monoisotopic (exact) mass is 972 g/mol. The Hall–Kier alpha value is -1.16. The molecule has 22 aliphatic heterocycles. The zero-order valence-electron chi connectivity index (χ0n) is 35.3. The normalized spacial score (nSPS) is 52.8. The molecule has 386 valence electrons. The third-order valence-electron chi connectivity index (χ3n) is 12.4. The molecule has 22 fully saturated rings. The molecular weight excluding hydrogens is 908 g/mol. The standard InChI is InChI=1S/C36H60O28.CH4O/c37-3-12-11-1-10(44)32(55-12)62-29-15(6-40)58-34(25(51)21(29)47)61-27-9(43)2-18(53-13(27)4-38)60-28-14(5-39)57-35(24(50)19(28)45)64-31-17(8-42)59-36(26(52)22(31)48)63-30-16(7-41)56-33(54-11)23(49)20(30)46;1-2/h9-52H,1-8H2;2H,1H3/t9?,10-,11-,12?,13?,14?,15?,16?,17?,18+,19?,20?,21?,22+,23-,24-,25-,26?,27-,28+,29+,30+,31+,32+,33-,34+,35+,36+;/m0./s1. The second kappa shape index (κ2) is 23.8. The van der Waals surface area contributed by atoms with Crippen LogP contribution >= 0.6 is 0 Å². The zero-order valence-corrected chi connectivity index (χ0v) is 35.3. The van der Waals surface area contributed by atoms with E-state index >= 15 is 0 Å². The first kappa shape index (κ1) is 54.2. The van der Waals surface area contributed by atoms with E-state index in [1.54, 1.807) is 0 Å². The van der Waals surface area contributed by atoms with Gasteiger partial charge in [0.1, 0.15) is 122 Å². The smallest absolute Gasteiger partial charge is 0.187 e. The average Bonchev–Trinajstić information content (AvgIpc) is 3.31. The van der Waals surface area contributed by atoms with Gasteiger partial charge in [-0.05, 0) is 0 Å². The summed E-state index contributed by atoms with van der Waals surface area (Å²) in [4.78, 5) is 0. The molecule has 0 spiro atoms. The number of aliphatic hydroxyl groups excluding tert-OH is 17. The maximum Gasteiger partial charge on any atom is 0.187 e. The molecule has 17 N–H and O–H groups in total. The minimum atomic E-state index is -2.08. The van der Waals surface area contributed by atoms with Crippen molar-refractivity contribution in [3.05, 3.63) is 0 Å². The molecule has 22 rings (SSSR count). The van der Waals surface area contributed by atoms with E-state index in [4.69, 9.17) is 61.9 Å². The molecule has 22 saturated heterocycles. The summed E-state index contributed by atoms with van der Waals surface area (Å²) in [6.07, 6.45) is -49.5. The van der Waals surface area contributed by atoms with Gasteiger partial charge < -0.3 is 144 Å². The highest BCUT2D eigenvalue weighted by molar-refractivity contribution is 4.99. The molecule has 12 bridgehead atoms. The van der Waals surface area contributed by atoms with Crippen molar-refractivity contribution in [2.45, 2.75) is 185 Å². The summed E-state index contributed by atoms with van der Waals surface area (Å²) in [5, 5.41) is 180. The first-order valence-electron chi connectivity index (χ1n) is 21.3. The molecule has 0 aromatic rings. The summed E-state index contributed by atoms with van der Waals surface area (Å²) < 4.78 is 69.0. The molecule has 66 heavy (non-hydrogen) atoms. The number of aliphatic hydroxyl groups is 17. The Morgan fingerprint density at radius 1 is 0.288 bits per heavy atom. The van der Waals surface area contributed by atoms with E-state index in [2.05, 4.69) is 0 Å². The van der Waals surface area contributed by atoms with Crippen molar-refractivity contribution < 1.29 is 144 Å². The van der Waals surface area contributed by atoms with Crippen LogP contribution in [0.3, 0.4) is 0 Å². The SMILES string of the molecule is CO.OCC1O[C@@H]2O[C@H]3C(O)C[C@H](OC3CO)O[C@@H]3C(CO)O[C@H](O[C@@H]4C(CO)O[C@H](O[C@@H]5C(CO)O[C@H](O[C@H]6C[C@H](O)[C@H](OC6CO)O[C@H]1C(O)[C@@H]2O)[C@@H](O)C5O)C(O)[C@H]4O)[C@@H](O)C3O. The van der Waals surface area contributed by atoms with Crippen LogP contribution < -0.4 is 0 Å². The van der Waals surface area contributed by atoms with E-state index in [0.29, 0.717) is 0 Å². The van der Waals surface area contributed by atoms with Crippen LogP contribution in [0, 0.1) is 0 Å². The molecular formula is C37H64O29. The van der Waals surface area contributed by atoms with Gasteiger partial charge in [-0.1, -0.05) is 0 Å². The maximum atomic E-state index is 11.2. The number of ether oxygens (including phenoxy) is 12. The first-order chi connectivity index (χ1) is 31.6. The summed E-state index contributed by atoms with van der Waals surface area (Å²) in [7, 11) is 1.00. The third kappa shape index (κ3) is 11.1. The minimum Gasteiger partial charge on any atom is -0.400 e. The summed E-state index contributed by atoms with van der Waals surface area (Å²) in [6.45, 7) is -5.30. The fourth-order valence-corrected chi connectivity index (χ4v) is 8.90. The third-order valence-corrected chi connectivity index (χ3v) is 12.4. The fourth-order valence-electron chi connectivity index (χ4n) is 8.90. The topological polar surface area (TPSA) is 455 Å². The molecule has 0 aromatic carbocycles. The van der Waals surface area contributed by atoms with E-state index in [0.717, 1.165) is 7.11 Å². The molecule has 0 aliphatic carbocycles. The first-order valence-corrected chi connectivity index (χ1v) is 21.3. The molecule has 22 heterocycles. The Bertz CT molecular complexity index is 1450. The zero-order chi connectivity index (χ0) is 48.3. The number of rotatable bonds is 6.